The highest BCUT2D eigenvalue weighted by atomic mass is 32.2. The lowest BCUT2D eigenvalue weighted by Crippen LogP contribution is -2.21. The summed E-state index contributed by atoms with van der Waals surface area (Å²) >= 11 is 1.24. The van der Waals surface area contributed by atoms with E-state index in [1.165, 1.54) is 16.3 Å². The van der Waals surface area contributed by atoms with Gasteiger partial charge in [-0.05, 0) is 36.4 Å². The number of carbonyl (C=O) groups is 1. The van der Waals surface area contributed by atoms with Crippen LogP contribution in [0.25, 0.3) is 22.4 Å². The number of rotatable bonds is 6. The van der Waals surface area contributed by atoms with Gasteiger partial charge in [-0.15, -0.1) is 10.2 Å². The van der Waals surface area contributed by atoms with Crippen LogP contribution in [0.1, 0.15) is 0 Å². The van der Waals surface area contributed by atoms with Gasteiger partial charge in [-0.2, -0.15) is 0 Å². The normalized spacial score (nSPS) is 11.1. The van der Waals surface area contributed by atoms with E-state index in [-0.39, 0.29) is 17.2 Å². The Balaban J connectivity index is 1.53. The third-order valence-corrected chi connectivity index (χ3v) is 6.05. The number of anilines is 1. The molecule has 2 aromatic heterocycles. The van der Waals surface area contributed by atoms with Crippen LogP contribution in [0.4, 0.5) is 5.69 Å². The molecule has 2 heterocycles. The van der Waals surface area contributed by atoms with E-state index in [2.05, 4.69) is 15.5 Å². The molecule has 0 spiro atoms. The topological polar surface area (TPSA) is 90.5 Å². The number of nitrogens with zero attached hydrogens (tertiary/aromatic N) is 4. The van der Waals surface area contributed by atoms with Crippen molar-refractivity contribution < 1.29 is 9.53 Å². The highest BCUT2D eigenvalue weighted by Crippen LogP contribution is 2.25. The van der Waals surface area contributed by atoms with Crippen molar-refractivity contribution in [2.75, 3.05) is 18.2 Å². The molecule has 1 amide bonds. The second-order valence-electron chi connectivity index (χ2n) is 7.15. The highest BCUT2D eigenvalue weighted by Gasteiger charge is 2.18. The predicted octanol–water partition coefficient (Wildman–Crippen LogP) is 3.77. The molecule has 3 aromatic carbocycles. The quantitative estimate of drug-likeness (QED) is 0.391. The fourth-order valence-corrected chi connectivity index (χ4v) is 4.39. The van der Waals surface area contributed by atoms with Crippen LogP contribution in [0.3, 0.4) is 0 Å². The summed E-state index contributed by atoms with van der Waals surface area (Å²) in [5.41, 5.74) is 1.79. The van der Waals surface area contributed by atoms with Crippen LogP contribution in [0.5, 0.6) is 5.75 Å². The van der Waals surface area contributed by atoms with Gasteiger partial charge in [-0.25, -0.2) is 4.57 Å². The molecular formula is C24H19N5O3S. The van der Waals surface area contributed by atoms with Crippen LogP contribution in [0.15, 0.2) is 88.8 Å². The van der Waals surface area contributed by atoms with E-state index in [0.717, 1.165) is 0 Å². The first-order valence-electron chi connectivity index (χ1n) is 10.2. The van der Waals surface area contributed by atoms with Crippen molar-refractivity contribution in [1.29, 1.82) is 0 Å². The van der Waals surface area contributed by atoms with Gasteiger partial charge >= 0.3 is 0 Å². The summed E-state index contributed by atoms with van der Waals surface area (Å²) in [4.78, 5) is 25.9. The molecule has 0 aliphatic heterocycles. The van der Waals surface area contributed by atoms with Gasteiger partial charge in [0.1, 0.15) is 5.75 Å². The molecule has 0 unspecified atom stereocenters. The molecule has 0 radical (unpaired) electrons. The van der Waals surface area contributed by atoms with Crippen molar-refractivity contribution in [2.45, 2.75) is 5.16 Å². The molecule has 9 heteroatoms. The maximum absolute atomic E-state index is 13.3. The lowest BCUT2D eigenvalue weighted by Gasteiger charge is -2.11. The molecule has 0 bridgehead atoms. The van der Waals surface area contributed by atoms with Crippen molar-refractivity contribution in [3.8, 4) is 11.4 Å². The van der Waals surface area contributed by atoms with E-state index in [9.17, 15) is 9.59 Å². The van der Waals surface area contributed by atoms with E-state index < -0.39 is 0 Å². The van der Waals surface area contributed by atoms with Crippen molar-refractivity contribution in [3.05, 3.63) is 89.2 Å². The number of benzene rings is 3. The van der Waals surface area contributed by atoms with Gasteiger partial charge in [0.15, 0.2) is 5.16 Å². The zero-order valence-electron chi connectivity index (χ0n) is 17.6. The van der Waals surface area contributed by atoms with Crippen LogP contribution < -0.4 is 15.6 Å². The number of nitrogens with one attached hydrogen (secondary N) is 1. The molecule has 0 aliphatic carbocycles. The molecule has 0 saturated heterocycles. The van der Waals surface area contributed by atoms with Gasteiger partial charge in [0, 0.05) is 0 Å². The van der Waals surface area contributed by atoms with E-state index >= 15 is 0 Å². The zero-order valence-corrected chi connectivity index (χ0v) is 18.5. The Labute approximate surface area is 192 Å². The van der Waals surface area contributed by atoms with Crippen molar-refractivity contribution in [3.63, 3.8) is 0 Å². The summed E-state index contributed by atoms with van der Waals surface area (Å²) in [6.07, 6.45) is 0. The molecule has 0 saturated carbocycles. The van der Waals surface area contributed by atoms with Gasteiger partial charge in [0.05, 0.1) is 35.1 Å². The fraction of sp³-hybridized carbons (Fsp3) is 0.0833. The fourth-order valence-electron chi connectivity index (χ4n) is 3.65. The molecular weight excluding hydrogens is 438 g/mol. The second-order valence-corrected chi connectivity index (χ2v) is 8.09. The molecule has 5 rings (SSSR count). The first-order chi connectivity index (χ1) is 16.2. The summed E-state index contributed by atoms with van der Waals surface area (Å²) in [5.74, 6) is 0.874. The molecule has 33 heavy (non-hydrogen) atoms. The number of methoxy groups -OCH3 is 1. The average Bonchev–Trinajstić information content (AvgIpc) is 3.28. The lowest BCUT2D eigenvalue weighted by atomic mass is 10.2. The smallest absolute Gasteiger partial charge is 0.267 e. The van der Waals surface area contributed by atoms with Gasteiger partial charge < -0.3 is 10.1 Å². The predicted molar refractivity (Wildman–Crippen MR) is 128 cm³/mol. The minimum Gasteiger partial charge on any atom is -0.495 e. The molecule has 164 valence electrons. The molecule has 0 fully saturated rings. The number of amides is 1. The maximum Gasteiger partial charge on any atom is 0.267 e. The zero-order chi connectivity index (χ0) is 22.8. The lowest BCUT2D eigenvalue weighted by molar-refractivity contribution is -0.113. The van der Waals surface area contributed by atoms with Gasteiger partial charge in [-0.1, -0.05) is 54.2 Å². The van der Waals surface area contributed by atoms with E-state index in [1.54, 1.807) is 25.3 Å². The van der Waals surface area contributed by atoms with Gasteiger partial charge in [0.2, 0.25) is 11.7 Å². The molecule has 8 nitrogen and oxygen atoms in total. The Morgan fingerprint density at radius 1 is 0.970 bits per heavy atom. The van der Waals surface area contributed by atoms with Crippen molar-refractivity contribution in [2.24, 2.45) is 0 Å². The standard InChI is InChI=1S/C24H19N5O3S/c1-32-20-14-8-6-12-18(20)25-21(30)15-33-24-27-26-23-28(16-9-3-2-4-10-16)22(31)17-11-5-7-13-19(17)29(23)24/h2-14H,15H2,1H3,(H,25,30). The third kappa shape index (κ3) is 3.83. The number of thioether (sulfide) groups is 1. The largest absolute Gasteiger partial charge is 0.495 e. The number of hydrogen-bond acceptors (Lipinski definition) is 6. The van der Waals surface area contributed by atoms with Gasteiger partial charge in [-0.3, -0.25) is 14.0 Å². The average molecular weight is 458 g/mol. The third-order valence-electron chi connectivity index (χ3n) is 5.12. The van der Waals surface area contributed by atoms with E-state index in [4.69, 9.17) is 4.74 Å². The Morgan fingerprint density at radius 2 is 1.70 bits per heavy atom. The summed E-state index contributed by atoms with van der Waals surface area (Å²) < 4.78 is 8.63. The maximum atomic E-state index is 13.3. The van der Waals surface area contributed by atoms with E-state index in [0.29, 0.717) is 39.0 Å². The van der Waals surface area contributed by atoms with Crippen LogP contribution in [0.2, 0.25) is 0 Å². The minimum absolute atomic E-state index is 0.109. The minimum atomic E-state index is -0.207. The molecule has 0 aliphatic rings. The summed E-state index contributed by atoms with van der Waals surface area (Å²) in [6.45, 7) is 0. The molecule has 1 N–H and O–H groups in total. The Kier molecular flexibility index (Phi) is 5.54. The van der Waals surface area contributed by atoms with Crippen molar-refractivity contribution in [1.82, 2.24) is 19.2 Å². The number of hydrogen-bond donors (Lipinski definition) is 1. The highest BCUT2D eigenvalue weighted by molar-refractivity contribution is 7.99. The molecule has 0 atom stereocenters. The number of fused-ring (bicyclic) bond motifs is 3. The summed E-state index contributed by atoms with van der Waals surface area (Å²) in [5, 5.41) is 12.5. The Bertz CT molecular complexity index is 1530. The molecule has 5 aromatic rings. The number of carbonyl (C=O) groups excluding carboxylic acids is 1. The monoisotopic (exact) mass is 457 g/mol. The van der Waals surface area contributed by atoms with Crippen LogP contribution in [0, 0.1) is 0 Å². The Hall–Kier alpha value is -4.11. The van der Waals surface area contributed by atoms with Crippen LogP contribution >= 0.6 is 11.8 Å². The van der Waals surface area contributed by atoms with E-state index in [1.807, 2.05) is 65.1 Å². The first-order valence-corrected chi connectivity index (χ1v) is 11.2. The SMILES string of the molecule is COc1ccccc1NC(=O)CSc1nnc2n(-c3ccccc3)c(=O)c3ccccc3n12. The number of ether oxygens (including phenoxy) is 1. The van der Waals surface area contributed by atoms with Crippen LogP contribution in [-0.4, -0.2) is 37.9 Å². The van der Waals surface area contributed by atoms with Gasteiger partial charge in [0.25, 0.3) is 5.56 Å². The first kappa shape index (κ1) is 20.8. The summed E-state index contributed by atoms with van der Waals surface area (Å²) in [7, 11) is 1.56. The number of para-hydroxylation sites is 4. The van der Waals surface area contributed by atoms with Crippen molar-refractivity contribution >= 4 is 40.0 Å². The van der Waals surface area contributed by atoms with Crippen LogP contribution in [-0.2, 0) is 4.79 Å². The second kappa shape index (κ2) is 8.79. The Morgan fingerprint density at radius 3 is 2.52 bits per heavy atom. The number of aromatic nitrogens is 4. The summed E-state index contributed by atoms with van der Waals surface area (Å²) in [6, 6.07) is 23.8.